The lowest BCUT2D eigenvalue weighted by Crippen LogP contribution is -2.49. The monoisotopic (exact) mass is 370 g/mol. The number of hydrogen-bond donors (Lipinski definition) is 1. The Morgan fingerprint density at radius 3 is 2.14 bits per heavy atom. The van der Waals surface area contributed by atoms with Crippen molar-refractivity contribution >= 4 is 45.3 Å². The van der Waals surface area contributed by atoms with E-state index in [4.69, 9.17) is 9.39 Å². The van der Waals surface area contributed by atoms with Gasteiger partial charge in [-0.1, -0.05) is 42.5 Å². The van der Waals surface area contributed by atoms with Crippen LogP contribution in [0.4, 0.5) is 0 Å². The van der Waals surface area contributed by atoms with Gasteiger partial charge in [-0.05, 0) is 61.4 Å². The average molecular weight is 370 g/mol. The Morgan fingerprint density at radius 1 is 0.786 bits per heavy atom. The highest BCUT2D eigenvalue weighted by Gasteiger charge is 2.35. The Hall–Kier alpha value is -2.56. The van der Waals surface area contributed by atoms with Gasteiger partial charge in [0.25, 0.3) is 0 Å². The summed E-state index contributed by atoms with van der Waals surface area (Å²) < 4.78 is 12.4. The first-order valence-electron chi connectivity index (χ1n) is 9.70. The Morgan fingerprint density at radius 2 is 1.43 bits per heavy atom. The van der Waals surface area contributed by atoms with E-state index in [0.29, 0.717) is 7.48 Å². The van der Waals surface area contributed by atoms with Crippen molar-refractivity contribution < 1.29 is 14.5 Å². The molecule has 4 aromatic carbocycles. The summed E-state index contributed by atoms with van der Waals surface area (Å²) in [6.45, 7) is 7.37. The topological polar surface area (TPSA) is 38.7 Å². The van der Waals surface area contributed by atoms with Crippen molar-refractivity contribution in [2.45, 2.75) is 38.9 Å². The molecule has 5 rings (SSSR count). The lowest BCUT2D eigenvalue weighted by Gasteiger charge is -2.37. The molecule has 4 aromatic rings. The second kappa shape index (κ2) is 5.73. The Bertz CT molecular complexity index is 1250. The largest absolute Gasteiger partial charge is 0.456 e. The van der Waals surface area contributed by atoms with Gasteiger partial charge in [-0.2, -0.15) is 0 Å². The molecule has 0 atom stereocenters. The first-order chi connectivity index (χ1) is 13.2. The predicted molar refractivity (Wildman–Crippen MR) is 117 cm³/mol. The molecule has 0 saturated carbocycles. The van der Waals surface area contributed by atoms with Crippen LogP contribution in [0, 0.1) is 0 Å². The fourth-order valence-electron chi connectivity index (χ4n) is 3.85. The van der Waals surface area contributed by atoms with Crippen LogP contribution < -0.4 is 10.2 Å². The molecule has 0 bridgehead atoms. The van der Waals surface area contributed by atoms with Crippen LogP contribution in [0.15, 0.2) is 54.6 Å². The van der Waals surface area contributed by atoms with Crippen LogP contribution in [-0.4, -0.2) is 23.8 Å². The molecule has 0 unspecified atom stereocenters. The van der Waals surface area contributed by atoms with Crippen molar-refractivity contribution in [3.05, 3.63) is 54.6 Å². The van der Waals surface area contributed by atoms with Crippen molar-refractivity contribution in [2.75, 3.05) is 0 Å². The van der Waals surface area contributed by atoms with Crippen LogP contribution in [0.3, 0.4) is 0 Å². The van der Waals surface area contributed by atoms with Crippen molar-refractivity contribution in [3.63, 3.8) is 0 Å². The number of benzene rings is 4. The lowest BCUT2D eigenvalue weighted by atomic mass is 9.81. The maximum atomic E-state index is 10.4. The summed E-state index contributed by atoms with van der Waals surface area (Å²) >= 11 is 0. The van der Waals surface area contributed by atoms with Crippen LogP contribution in [0.25, 0.3) is 32.3 Å². The summed E-state index contributed by atoms with van der Waals surface area (Å²) in [7, 11) is 0.410. The molecule has 1 aliphatic rings. The summed E-state index contributed by atoms with van der Waals surface area (Å²) in [6.07, 6.45) is 0. The zero-order valence-electron chi connectivity index (χ0n) is 16.7. The molecule has 0 spiro atoms. The van der Waals surface area contributed by atoms with Crippen LogP contribution in [0.2, 0.25) is 0 Å². The maximum Gasteiger partial charge on any atom is 0.309 e. The van der Waals surface area contributed by atoms with Gasteiger partial charge >= 0.3 is 7.48 Å². The van der Waals surface area contributed by atoms with Crippen molar-refractivity contribution in [1.29, 1.82) is 0 Å². The van der Waals surface area contributed by atoms with E-state index in [2.05, 4.69) is 42.5 Å². The summed E-state index contributed by atoms with van der Waals surface area (Å²) in [5.41, 5.74) is -0.567. The molecule has 3 nitrogen and oxygen atoms in total. The summed E-state index contributed by atoms with van der Waals surface area (Å²) in [6, 6.07) is 19.1. The van der Waals surface area contributed by atoms with Gasteiger partial charge in [-0.25, -0.2) is 0 Å². The van der Waals surface area contributed by atoms with E-state index in [1.165, 1.54) is 21.5 Å². The first-order valence-corrected chi connectivity index (χ1v) is 9.70. The van der Waals surface area contributed by atoms with E-state index in [0.717, 1.165) is 27.7 Å². The van der Waals surface area contributed by atoms with Crippen molar-refractivity contribution in [2.24, 2.45) is 0 Å². The van der Waals surface area contributed by atoms with Gasteiger partial charge in [0.1, 0.15) is 11.5 Å². The van der Waals surface area contributed by atoms with Gasteiger partial charge in [0.15, 0.2) is 0 Å². The van der Waals surface area contributed by atoms with Gasteiger partial charge in [-0.3, -0.25) is 0 Å². The fraction of sp³-hybridized carbons (Fsp3) is 0.250. The molecule has 4 heteroatoms. The molecule has 28 heavy (non-hydrogen) atoms. The maximum absolute atomic E-state index is 10.4. The summed E-state index contributed by atoms with van der Waals surface area (Å²) in [4.78, 5) is 0. The smallest absolute Gasteiger partial charge is 0.309 e. The van der Waals surface area contributed by atoms with Gasteiger partial charge in [0.2, 0.25) is 0 Å². The van der Waals surface area contributed by atoms with Crippen molar-refractivity contribution in [1.82, 2.24) is 0 Å². The molecule has 0 radical (unpaired) electrons. The Labute approximate surface area is 165 Å². The molecule has 0 fully saturated rings. The van der Waals surface area contributed by atoms with Crippen molar-refractivity contribution in [3.8, 4) is 11.5 Å². The van der Waals surface area contributed by atoms with E-state index in [9.17, 15) is 5.11 Å². The zero-order valence-corrected chi connectivity index (χ0v) is 16.7. The van der Waals surface area contributed by atoms with Crippen LogP contribution in [0.1, 0.15) is 27.7 Å². The minimum Gasteiger partial charge on any atom is -0.456 e. The molecule has 0 saturated heterocycles. The highest BCUT2D eigenvalue weighted by Crippen LogP contribution is 2.46. The minimum absolute atomic E-state index is 0.410. The number of aliphatic hydroxyl groups is 1. The van der Waals surface area contributed by atoms with Crippen LogP contribution in [0.5, 0.6) is 11.5 Å². The summed E-state index contributed by atoms with van der Waals surface area (Å²) in [5.74, 6) is 1.77. The zero-order chi connectivity index (χ0) is 19.7. The Balaban J connectivity index is 1.67. The number of hydrogen-bond acceptors (Lipinski definition) is 3. The highest BCUT2D eigenvalue weighted by molar-refractivity contribution is 6.48. The van der Waals surface area contributed by atoms with Gasteiger partial charge in [0.05, 0.1) is 11.2 Å². The number of rotatable bonds is 4. The fourth-order valence-corrected chi connectivity index (χ4v) is 3.85. The molecule has 1 aliphatic heterocycles. The quantitative estimate of drug-likeness (QED) is 0.365. The average Bonchev–Trinajstić information content (AvgIpc) is 2.65. The van der Waals surface area contributed by atoms with E-state index in [1.807, 2.05) is 26.0 Å². The standard InChI is InChI=1S/C24H23BO3/c1-23(2,26)24(3,4)28-25-17-12-16-11-10-15-9-8-14-6-5-7-18-20(14)22(15)21(16)19(13-17)27-18/h5-13,25-26H,1-4H3. The van der Waals surface area contributed by atoms with Gasteiger partial charge in [0, 0.05) is 16.2 Å². The third kappa shape index (κ3) is 2.52. The van der Waals surface area contributed by atoms with E-state index >= 15 is 0 Å². The molecule has 140 valence electrons. The molecule has 1 N–H and O–H groups in total. The predicted octanol–water partition coefficient (Wildman–Crippen LogP) is 4.79. The minimum atomic E-state index is -0.935. The third-order valence-electron chi connectivity index (χ3n) is 6.22. The summed E-state index contributed by atoms with van der Waals surface area (Å²) in [5, 5.41) is 17.5. The lowest BCUT2D eigenvalue weighted by molar-refractivity contribution is -0.0893. The molecule has 0 aromatic heterocycles. The Kier molecular flexibility index (Phi) is 3.59. The van der Waals surface area contributed by atoms with Crippen LogP contribution in [-0.2, 0) is 4.65 Å². The van der Waals surface area contributed by atoms with Gasteiger partial charge < -0.3 is 14.5 Å². The van der Waals surface area contributed by atoms with Gasteiger partial charge in [-0.15, -0.1) is 0 Å². The van der Waals surface area contributed by atoms with Crippen LogP contribution >= 0.6 is 0 Å². The van der Waals surface area contributed by atoms with E-state index in [-0.39, 0.29) is 0 Å². The molecule has 0 amide bonds. The second-order valence-electron chi connectivity index (χ2n) is 8.74. The highest BCUT2D eigenvalue weighted by atomic mass is 16.5. The molecule has 1 heterocycles. The first kappa shape index (κ1) is 17.5. The molecular formula is C24H23BO3. The molecular weight excluding hydrogens is 347 g/mol. The molecule has 0 aliphatic carbocycles. The second-order valence-corrected chi connectivity index (χ2v) is 8.74. The van der Waals surface area contributed by atoms with E-state index < -0.39 is 11.2 Å². The normalized spacial score (nSPS) is 13.6. The number of ether oxygens (including phenoxy) is 1. The third-order valence-corrected chi connectivity index (χ3v) is 6.22. The SMILES string of the molecule is CC(C)(O)C(C)(C)OBc1cc2c3c(ccc4ccc5cccc(c5c43)O2)c1. The van der Waals surface area contributed by atoms with E-state index in [1.54, 1.807) is 13.8 Å².